The van der Waals surface area contributed by atoms with Crippen LogP contribution in [-0.2, 0) is 22.1 Å². The first-order valence-corrected chi connectivity index (χ1v) is 7.51. The molecule has 1 fully saturated rings. The van der Waals surface area contributed by atoms with Gasteiger partial charge in [0.15, 0.2) is 4.90 Å². The Morgan fingerprint density at radius 1 is 1.06 bits per heavy atom. The zero-order chi connectivity index (χ0) is 10.8. The third-order valence-corrected chi connectivity index (χ3v) is 5.40. The summed E-state index contributed by atoms with van der Waals surface area (Å²) in [7, 11) is 0.413. The van der Waals surface area contributed by atoms with Gasteiger partial charge in [0.2, 0.25) is 0 Å². The van der Waals surface area contributed by atoms with E-state index < -0.39 is 0 Å². The SMILES string of the molecule is c1cc2c(cc1[S+]1CCOCC1)CCCO2. The van der Waals surface area contributed by atoms with Crippen molar-refractivity contribution >= 4 is 10.9 Å². The molecule has 0 spiro atoms. The quantitative estimate of drug-likeness (QED) is 0.696. The first kappa shape index (κ1) is 10.5. The fraction of sp³-hybridized carbons (Fsp3) is 0.538. The fourth-order valence-corrected chi connectivity index (χ4v) is 4.16. The van der Waals surface area contributed by atoms with E-state index in [0.29, 0.717) is 10.9 Å². The Balaban J connectivity index is 1.84. The van der Waals surface area contributed by atoms with Crippen LogP contribution in [0.25, 0.3) is 0 Å². The van der Waals surface area contributed by atoms with Crippen molar-refractivity contribution in [3.63, 3.8) is 0 Å². The molecule has 1 saturated heterocycles. The van der Waals surface area contributed by atoms with Crippen LogP contribution in [0, 0.1) is 0 Å². The van der Waals surface area contributed by atoms with Crippen LogP contribution < -0.4 is 4.74 Å². The van der Waals surface area contributed by atoms with E-state index in [9.17, 15) is 0 Å². The molecule has 1 aromatic carbocycles. The minimum atomic E-state index is 0.413. The Labute approximate surface area is 99.3 Å². The molecule has 0 N–H and O–H groups in total. The summed E-state index contributed by atoms with van der Waals surface area (Å²) in [6, 6.07) is 6.77. The van der Waals surface area contributed by atoms with Crippen LogP contribution in [0.1, 0.15) is 12.0 Å². The Kier molecular flexibility index (Phi) is 3.06. The molecule has 2 aliphatic rings. The standard InChI is InChI=1S/C13H17O2S/c1-2-11-10-12(3-4-13(11)15-5-1)16-8-6-14-7-9-16/h3-4,10H,1-2,5-9H2/q+1. The summed E-state index contributed by atoms with van der Waals surface area (Å²) in [5, 5.41) is 0. The van der Waals surface area contributed by atoms with Crippen molar-refractivity contribution in [1.82, 2.24) is 0 Å². The van der Waals surface area contributed by atoms with Crippen LogP contribution in [0.5, 0.6) is 5.75 Å². The normalized spacial score (nSPS) is 21.2. The molecule has 0 unspecified atom stereocenters. The summed E-state index contributed by atoms with van der Waals surface area (Å²) in [5.74, 6) is 3.49. The number of hydrogen-bond acceptors (Lipinski definition) is 2. The van der Waals surface area contributed by atoms with Crippen LogP contribution in [0.2, 0.25) is 0 Å². The number of hydrogen-bond donors (Lipinski definition) is 0. The van der Waals surface area contributed by atoms with Gasteiger partial charge in [0.25, 0.3) is 0 Å². The number of benzene rings is 1. The van der Waals surface area contributed by atoms with Crippen LogP contribution in [0.3, 0.4) is 0 Å². The molecule has 16 heavy (non-hydrogen) atoms. The summed E-state index contributed by atoms with van der Waals surface area (Å²) in [4.78, 5) is 1.51. The molecule has 0 amide bonds. The molecule has 0 bridgehead atoms. The molecular weight excluding hydrogens is 220 g/mol. The summed E-state index contributed by atoms with van der Waals surface area (Å²) in [6.45, 7) is 2.74. The lowest BCUT2D eigenvalue weighted by Crippen LogP contribution is -2.26. The van der Waals surface area contributed by atoms with Crippen molar-refractivity contribution in [3.8, 4) is 5.75 Å². The van der Waals surface area contributed by atoms with Crippen molar-refractivity contribution in [1.29, 1.82) is 0 Å². The molecule has 1 aromatic rings. The summed E-state index contributed by atoms with van der Waals surface area (Å²) < 4.78 is 11.1. The van der Waals surface area contributed by atoms with Gasteiger partial charge >= 0.3 is 0 Å². The summed E-state index contributed by atoms with van der Waals surface area (Å²) in [5.41, 5.74) is 1.41. The molecule has 2 aliphatic heterocycles. The zero-order valence-electron chi connectivity index (χ0n) is 9.41. The average molecular weight is 237 g/mol. The minimum Gasteiger partial charge on any atom is -0.493 e. The number of fused-ring (bicyclic) bond motifs is 1. The van der Waals surface area contributed by atoms with Crippen LogP contribution in [0.15, 0.2) is 23.1 Å². The van der Waals surface area contributed by atoms with Gasteiger partial charge in [-0.2, -0.15) is 0 Å². The van der Waals surface area contributed by atoms with E-state index in [2.05, 4.69) is 18.2 Å². The zero-order valence-corrected chi connectivity index (χ0v) is 10.2. The lowest BCUT2D eigenvalue weighted by Gasteiger charge is -2.19. The maximum absolute atomic E-state index is 5.64. The molecule has 0 saturated carbocycles. The van der Waals surface area contributed by atoms with Crippen molar-refractivity contribution < 1.29 is 9.47 Å². The second-order valence-electron chi connectivity index (χ2n) is 4.23. The molecule has 86 valence electrons. The second-order valence-corrected chi connectivity index (χ2v) is 6.51. The van der Waals surface area contributed by atoms with Gasteiger partial charge in [-0.25, -0.2) is 0 Å². The largest absolute Gasteiger partial charge is 0.493 e. The topological polar surface area (TPSA) is 18.5 Å². The van der Waals surface area contributed by atoms with Crippen molar-refractivity contribution in [2.75, 3.05) is 31.3 Å². The predicted molar refractivity (Wildman–Crippen MR) is 66.4 cm³/mol. The lowest BCUT2D eigenvalue weighted by atomic mass is 10.1. The monoisotopic (exact) mass is 237 g/mol. The van der Waals surface area contributed by atoms with Gasteiger partial charge in [-0.3, -0.25) is 0 Å². The van der Waals surface area contributed by atoms with E-state index in [1.54, 1.807) is 0 Å². The minimum absolute atomic E-state index is 0.413. The molecule has 0 radical (unpaired) electrons. The lowest BCUT2D eigenvalue weighted by molar-refractivity contribution is 0.159. The Morgan fingerprint density at radius 3 is 2.81 bits per heavy atom. The Morgan fingerprint density at radius 2 is 1.94 bits per heavy atom. The van der Waals surface area contributed by atoms with Gasteiger partial charge < -0.3 is 9.47 Å². The van der Waals surface area contributed by atoms with Gasteiger partial charge in [-0.05, 0) is 30.5 Å². The predicted octanol–water partition coefficient (Wildman–Crippen LogP) is 2.02. The van der Waals surface area contributed by atoms with Gasteiger partial charge in [-0.15, -0.1) is 0 Å². The number of aryl methyl sites for hydroxylation is 1. The van der Waals surface area contributed by atoms with Gasteiger partial charge in [0.05, 0.1) is 19.8 Å². The molecule has 3 rings (SSSR count). The van der Waals surface area contributed by atoms with Crippen LogP contribution in [-0.4, -0.2) is 31.3 Å². The van der Waals surface area contributed by atoms with Crippen molar-refractivity contribution in [3.05, 3.63) is 23.8 Å². The van der Waals surface area contributed by atoms with Crippen molar-refractivity contribution in [2.24, 2.45) is 0 Å². The number of rotatable bonds is 1. The molecule has 3 heteroatoms. The first-order chi connectivity index (χ1) is 7.93. The van der Waals surface area contributed by atoms with E-state index in [1.807, 2.05) is 0 Å². The summed E-state index contributed by atoms with van der Waals surface area (Å²) in [6.07, 6.45) is 2.34. The molecule has 2 heterocycles. The molecule has 2 nitrogen and oxygen atoms in total. The average Bonchev–Trinajstić information content (AvgIpc) is 2.39. The Bertz CT molecular complexity index is 372. The van der Waals surface area contributed by atoms with Crippen LogP contribution >= 0.6 is 0 Å². The molecule has 0 aliphatic carbocycles. The van der Waals surface area contributed by atoms with Crippen LogP contribution in [0.4, 0.5) is 0 Å². The van der Waals surface area contributed by atoms with E-state index >= 15 is 0 Å². The highest BCUT2D eigenvalue weighted by Crippen LogP contribution is 2.28. The smallest absolute Gasteiger partial charge is 0.155 e. The highest BCUT2D eigenvalue weighted by molar-refractivity contribution is 7.97. The second kappa shape index (κ2) is 4.68. The Hall–Kier alpha value is -0.670. The summed E-state index contributed by atoms with van der Waals surface area (Å²) >= 11 is 0. The van der Waals surface area contributed by atoms with E-state index in [1.165, 1.54) is 28.4 Å². The third kappa shape index (κ3) is 2.06. The van der Waals surface area contributed by atoms with Gasteiger partial charge in [0.1, 0.15) is 17.3 Å². The van der Waals surface area contributed by atoms with Gasteiger partial charge in [-0.1, -0.05) is 0 Å². The first-order valence-electron chi connectivity index (χ1n) is 5.94. The highest BCUT2D eigenvalue weighted by Gasteiger charge is 2.26. The van der Waals surface area contributed by atoms with Gasteiger partial charge in [0, 0.05) is 17.0 Å². The maximum Gasteiger partial charge on any atom is 0.155 e. The van der Waals surface area contributed by atoms with E-state index in [0.717, 1.165) is 32.0 Å². The molecule has 0 aromatic heterocycles. The molecule has 0 atom stereocenters. The van der Waals surface area contributed by atoms with Crippen molar-refractivity contribution in [2.45, 2.75) is 17.7 Å². The fourth-order valence-electron chi connectivity index (χ4n) is 2.28. The van der Waals surface area contributed by atoms with E-state index in [-0.39, 0.29) is 0 Å². The molecular formula is C13H17O2S+. The third-order valence-electron chi connectivity index (χ3n) is 3.16. The maximum atomic E-state index is 5.64. The number of ether oxygens (including phenoxy) is 2. The highest BCUT2D eigenvalue weighted by atomic mass is 32.2. The van der Waals surface area contributed by atoms with E-state index in [4.69, 9.17) is 9.47 Å².